The van der Waals surface area contributed by atoms with E-state index in [1.807, 2.05) is 0 Å². The van der Waals surface area contributed by atoms with E-state index >= 15 is 0 Å². The van der Waals surface area contributed by atoms with E-state index in [9.17, 15) is 0 Å². The zero-order valence-electron chi connectivity index (χ0n) is 15.4. The van der Waals surface area contributed by atoms with Gasteiger partial charge in [-0.3, -0.25) is 0 Å². The third-order valence-corrected chi connectivity index (χ3v) is 6.10. The molecule has 3 aromatic rings. The highest BCUT2D eigenvalue weighted by molar-refractivity contribution is 5.87. The number of nitrogen functional groups attached to an aromatic ring is 1. The van der Waals surface area contributed by atoms with Gasteiger partial charge in [-0.2, -0.15) is 0 Å². The van der Waals surface area contributed by atoms with E-state index < -0.39 is 0 Å². The second-order valence-corrected chi connectivity index (χ2v) is 7.54. The van der Waals surface area contributed by atoms with Crippen LogP contribution in [-0.2, 0) is 5.41 Å². The summed E-state index contributed by atoms with van der Waals surface area (Å²) in [5.41, 5.74) is 15.4. The number of benzene rings is 3. The molecule has 1 heteroatoms. The molecule has 0 radical (unpaired) electrons. The summed E-state index contributed by atoms with van der Waals surface area (Å²) in [5, 5.41) is 0. The quantitative estimate of drug-likeness (QED) is 0.555. The Morgan fingerprint density at radius 1 is 0.741 bits per heavy atom. The summed E-state index contributed by atoms with van der Waals surface area (Å²) in [5.74, 6) is 0. The molecule has 0 fully saturated rings. The minimum Gasteiger partial charge on any atom is -0.398 e. The molecule has 0 heterocycles. The molecule has 0 aliphatic heterocycles. The first kappa shape index (κ1) is 16.1. The van der Waals surface area contributed by atoms with Crippen LogP contribution < -0.4 is 5.73 Å². The van der Waals surface area contributed by atoms with Gasteiger partial charge in [-0.25, -0.2) is 0 Å². The summed E-state index contributed by atoms with van der Waals surface area (Å²) in [6, 6.07) is 28.2. The summed E-state index contributed by atoms with van der Waals surface area (Å²) < 4.78 is 0. The lowest BCUT2D eigenvalue weighted by Gasteiger charge is -2.43. The van der Waals surface area contributed by atoms with Gasteiger partial charge in [0.2, 0.25) is 0 Å². The lowest BCUT2D eigenvalue weighted by atomic mass is 9.59. The van der Waals surface area contributed by atoms with Crippen molar-refractivity contribution in [2.45, 2.75) is 24.7 Å². The van der Waals surface area contributed by atoms with Gasteiger partial charge in [-0.1, -0.05) is 90.5 Å². The van der Waals surface area contributed by atoms with Gasteiger partial charge in [0.25, 0.3) is 0 Å². The van der Waals surface area contributed by atoms with Crippen molar-refractivity contribution in [1.29, 1.82) is 0 Å². The van der Waals surface area contributed by atoms with E-state index in [-0.39, 0.29) is 5.41 Å². The molecule has 2 aliphatic carbocycles. The normalized spacial score (nSPS) is 17.3. The largest absolute Gasteiger partial charge is 0.398 e. The van der Waals surface area contributed by atoms with Crippen LogP contribution in [0.5, 0.6) is 0 Å². The molecule has 5 rings (SSSR count). The van der Waals surface area contributed by atoms with Gasteiger partial charge < -0.3 is 5.73 Å². The van der Waals surface area contributed by atoms with Crippen molar-refractivity contribution in [2.24, 2.45) is 0 Å². The Bertz CT molecular complexity index is 1000. The Morgan fingerprint density at radius 2 is 1.41 bits per heavy atom. The fraction of sp³-hybridized carbons (Fsp3) is 0.154. The van der Waals surface area contributed by atoms with E-state index in [0.29, 0.717) is 0 Å². The van der Waals surface area contributed by atoms with Crippen molar-refractivity contribution in [2.75, 3.05) is 5.73 Å². The first-order valence-corrected chi connectivity index (χ1v) is 9.69. The highest BCUT2D eigenvalue weighted by atomic mass is 14.6. The Kier molecular flexibility index (Phi) is 3.75. The lowest BCUT2D eigenvalue weighted by Crippen LogP contribution is -2.35. The SMILES string of the molecule is Nc1cccc2c1C(c1ccccc1)(c1ccccc1)CC1=C2C=CCC1. The highest BCUT2D eigenvalue weighted by Gasteiger charge is 2.43. The maximum atomic E-state index is 6.67. The molecule has 1 nitrogen and oxygen atoms in total. The minimum atomic E-state index is -0.243. The first-order chi connectivity index (χ1) is 13.3. The van der Waals surface area contributed by atoms with Gasteiger partial charge in [0.1, 0.15) is 0 Å². The van der Waals surface area contributed by atoms with E-state index in [0.717, 1.165) is 24.9 Å². The third kappa shape index (κ3) is 2.39. The molecular formula is C26H23N. The monoisotopic (exact) mass is 349 g/mol. The molecular weight excluding hydrogens is 326 g/mol. The summed E-state index contributed by atoms with van der Waals surface area (Å²) in [4.78, 5) is 0. The standard InChI is InChI=1S/C26H23N/c27-24-17-9-16-23-22-15-8-7-10-19(22)18-26(25(23)24,20-11-3-1-4-12-20)21-13-5-2-6-14-21/h1-6,8-9,11-17H,7,10,18,27H2. The van der Waals surface area contributed by atoms with Crippen LogP contribution in [0.15, 0.2) is 96.6 Å². The van der Waals surface area contributed by atoms with Crippen LogP contribution >= 0.6 is 0 Å². The molecule has 0 aromatic heterocycles. The van der Waals surface area contributed by atoms with Gasteiger partial charge in [0.15, 0.2) is 0 Å². The fourth-order valence-corrected chi connectivity index (χ4v) is 4.96. The smallest absolute Gasteiger partial charge is 0.0515 e. The second-order valence-electron chi connectivity index (χ2n) is 7.54. The first-order valence-electron chi connectivity index (χ1n) is 9.69. The van der Waals surface area contributed by atoms with Crippen molar-refractivity contribution in [1.82, 2.24) is 0 Å². The zero-order chi connectivity index (χ0) is 18.3. The van der Waals surface area contributed by atoms with Crippen LogP contribution in [0.25, 0.3) is 5.57 Å². The highest BCUT2D eigenvalue weighted by Crippen LogP contribution is 2.54. The summed E-state index contributed by atoms with van der Waals surface area (Å²) >= 11 is 0. The number of nitrogens with two attached hydrogens (primary N) is 1. The van der Waals surface area contributed by atoms with Crippen molar-refractivity contribution in [3.63, 3.8) is 0 Å². The molecule has 0 atom stereocenters. The molecule has 0 unspecified atom stereocenters. The van der Waals surface area contributed by atoms with Crippen LogP contribution in [-0.4, -0.2) is 0 Å². The van der Waals surface area contributed by atoms with Gasteiger partial charge in [0, 0.05) is 5.69 Å². The molecule has 0 amide bonds. The molecule has 27 heavy (non-hydrogen) atoms. The predicted molar refractivity (Wildman–Crippen MR) is 114 cm³/mol. The van der Waals surface area contributed by atoms with Gasteiger partial charge in [-0.15, -0.1) is 0 Å². The van der Waals surface area contributed by atoms with Crippen molar-refractivity contribution in [3.8, 4) is 0 Å². The van der Waals surface area contributed by atoms with Gasteiger partial charge in [0.05, 0.1) is 5.41 Å². The molecule has 0 spiro atoms. The maximum absolute atomic E-state index is 6.67. The number of rotatable bonds is 2. The average Bonchev–Trinajstić information content (AvgIpc) is 2.74. The van der Waals surface area contributed by atoms with E-state index in [1.54, 1.807) is 5.57 Å². The van der Waals surface area contributed by atoms with Crippen molar-refractivity contribution < 1.29 is 0 Å². The van der Waals surface area contributed by atoms with Crippen LogP contribution in [0.3, 0.4) is 0 Å². The third-order valence-electron chi connectivity index (χ3n) is 6.10. The Morgan fingerprint density at radius 3 is 2.07 bits per heavy atom. The van der Waals surface area contributed by atoms with Crippen LogP contribution in [0.2, 0.25) is 0 Å². The topological polar surface area (TPSA) is 26.0 Å². The van der Waals surface area contributed by atoms with Crippen molar-refractivity contribution in [3.05, 3.63) is 119 Å². The summed E-state index contributed by atoms with van der Waals surface area (Å²) in [6.45, 7) is 0. The zero-order valence-corrected chi connectivity index (χ0v) is 15.4. The Labute approximate surface area is 160 Å². The number of fused-ring (bicyclic) bond motifs is 2. The maximum Gasteiger partial charge on any atom is 0.0515 e. The number of anilines is 1. The van der Waals surface area contributed by atoms with Crippen LogP contribution in [0.1, 0.15) is 41.5 Å². The van der Waals surface area contributed by atoms with Crippen molar-refractivity contribution >= 4 is 11.3 Å². The molecule has 132 valence electrons. The number of hydrogen-bond acceptors (Lipinski definition) is 1. The Hall–Kier alpha value is -3.06. The predicted octanol–water partition coefficient (Wildman–Crippen LogP) is 6.11. The van der Waals surface area contributed by atoms with E-state index in [2.05, 4.69) is 91.0 Å². The molecule has 3 aromatic carbocycles. The number of allylic oxidation sites excluding steroid dienone is 4. The second kappa shape index (κ2) is 6.28. The average molecular weight is 349 g/mol. The molecule has 2 aliphatic rings. The van der Waals surface area contributed by atoms with Gasteiger partial charge in [-0.05, 0) is 53.2 Å². The lowest BCUT2D eigenvalue weighted by molar-refractivity contribution is 0.586. The van der Waals surface area contributed by atoms with Gasteiger partial charge >= 0.3 is 0 Å². The van der Waals surface area contributed by atoms with Crippen LogP contribution in [0.4, 0.5) is 5.69 Å². The summed E-state index contributed by atoms with van der Waals surface area (Å²) in [7, 11) is 0. The Balaban J connectivity index is 1.90. The molecule has 0 saturated carbocycles. The molecule has 0 saturated heterocycles. The molecule has 0 bridgehead atoms. The fourth-order valence-electron chi connectivity index (χ4n) is 4.96. The van der Waals surface area contributed by atoms with E-state index in [4.69, 9.17) is 5.73 Å². The van der Waals surface area contributed by atoms with E-state index in [1.165, 1.54) is 27.8 Å². The van der Waals surface area contributed by atoms with Crippen LogP contribution in [0, 0.1) is 0 Å². The number of hydrogen-bond donors (Lipinski definition) is 1. The summed E-state index contributed by atoms with van der Waals surface area (Å²) in [6.07, 6.45) is 7.83. The minimum absolute atomic E-state index is 0.243. The molecule has 2 N–H and O–H groups in total.